The van der Waals surface area contributed by atoms with Crippen molar-refractivity contribution in [2.75, 3.05) is 13.2 Å². The topological polar surface area (TPSA) is 132 Å². The maximum absolute atomic E-state index is 14.7. The van der Waals surface area contributed by atoms with E-state index in [1.54, 1.807) is 19.9 Å². The zero-order valence-corrected chi connectivity index (χ0v) is 20.4. The Balaban J connectivity index is 1.86. The molecule has 2 aromatic rings. The standard InChI is InChI=1S/C25H31FN2O8/c1-5-10-28-14(4)17(12-16-9-8-15(6-2)11-18(16)26)23(27-28)36-24-22(31)21(30)20(29)19(35-24)13-34-25(32)33-7-3/h1,8-9,11,19-22,24,29-31H,6-7,10,12-13H2,2-4H3/t19-,20-,21+,22-,24+/m1/s1. The summed E-state index contributed by atoms with van der Waals surface area (Å²) in [6.45, 7) is 5.02. The number of hydrogen-bond donors (Lipinski definition) is 3. The molecule has 11 heteroatoms. The van der Waals surface area contributed by atoms with Crippen molar-refractivity contribution < 1.29 is 43.5 Å². The van der Waals surface area contributed by atoms with Crippen molar-refractivity contribution in [1.82, 2.24) is 9.78 Å². The third-order valence-corrected chi connectivity index (χ3v) is 5.95. The van der Waals surface area contributed by atoms with E-state index in [-0.39, 0.29) is 31.3 Å². The Labute approximate surface area is 208 Å². The minimum atomic E-state index is -1.67. The van der Waals surface area contributed by atoms with Crippen molar-refractivity contribution >= 4 is 6.16 Å². The first-order chi connectivity index (χ1) is 17.2. The van der Waals surface area contributed by atoms with Crippen LogP contribution in [0.1, 0.15) is 36.2 Å². The number of terminal acetylenes is 1. The fourth-order valence-corrected chi connectivity index (χ4v) is 3.81. The summed E-state index contributed by atoms with van der Waals surface area (Å²) in [6, 6.07) is 4.99. The number of rotatable bonds is 9. The van der Waals surface area contributed by atoms with Crippen LogP contribution in [0, 0.1) is 25.1 Å². The Morgan fingerprint density at radius 2 is 1.97 bits per heavy atom. The van der Waals surface area contributed by atoms with Gasteiger partial charge in [0.25, 0.3) is 0 Å². The van der Waals surface area contributed by atoms with Crippen LogP contribution in [-0.2, 0) is 33.6 Å². The monoisotopic (exact) mass is 506 g/mol. The molecule has 3 rings (SSSR count). The zero-order chi connectivity index (χ0) is 26.4. The molecule has 1 aromatic carbocycles. The van der Waals surface area contributed by atoms with E-state index >= 15 is 0 Å². The van der Waals surface area contributed by atoms with Gasteiger partial charge in [-0.3, -0.25) is 4.68 Å². The van der Waals surface area contributed by atoms with Crippen LogP contribution in [0.3, 0.4) is 0 Å². The van der Waals surface area contributed by atoms with Crippen LogP contribution >= 0.6 is 0 Å². The van der Waals surface area contributed by atoms with Gasteiger partial charge in [0, 0.05) is 17.7 Å². The molecule has 1 aliphatic rings. The third-order valence-electron chi connectivity index (χ3n) is 5.95. The fraction of sp³-hybridized carbons (Fsp3) is 0.520. The predicted octanol–water partition coefficient (Wildman–Crippen LogP) is 1.48. The van der Waals surface area contributed by atoms with Gasteiger partial charge in [-0.25, -0.2) is 9.18 Å². The summed E-state index contributed by atoms with van der Waals surface area (Å²) in [6.07, 6.45) is -2.34. The van der Waals surface area contributed by atoms with E-state index in [2.05, 4.69) is 15.8 Å². The molecule has 0 unspecified atom stereocenters. The molecule has 5 atom stereocenters. The van der Waals surface area contributed by atoms with E-state index in [0.717, 1.165) is 5.56 Å². The van der Waals surface area contributed by atoms with Gasteiger partial charge in [-0.2, -0.15) is 0 Å². The van der Waals surface area contributed by atoms with E-state index in [1.807, 2.05) is 13.0 Å². The number of aryl methyl sites for hydroxylation is 1. The van der Waals surface area contributed by atoms with Crippen molar-refractivity contribution in [3.63, 3.8) is 0 Å². The van der Waals surface area contributed by atoms with E-state index in [4.69, 9.17) is 20.6 Å². The second kappa shape index (κ2) is 12.2. The average Bonchev–Trinajstić information content (AvgIpc) is 3.14. The summed E-state index contributed by atoms with van der Waals surface area (Å²) in [7, 11) is 0. The number of benzene rings is 1. The Hall–Kier alpha value is -3.17. The van der Waals surface area contributed by atoms with Gasteiger partial charge < -0.3 is 34.3 Å². The third kappa shape index (κ3) is 6.14. The van der Waals surface area contributed by atoms with Crippen molar-refractivity contribution in [3.8, 4) is 18.2 Å². The lowest BCUT2D eigenvalue weighted by Crippen LogP contribution is -2.60. The van der Waals surface area contributed by atoms with Gasteiger partial charge in [-0.05, 0) is 37.5 Å². The summed E-state index contributed by atoms with van der Waals surface area (Å²) < 4.78 is 37.2. The van der Waals surface area contributed by atoms with Gasteiger partial charge in [0.05, 0.1) is 6.61 Å². The van der Waals surface area contributed by atoms with E-state index < -0.39 is 43.5 Å². The number of ether oxygens (including phenoxy) is 4. The Morgan fingerprint density at radius 1 is 1.22 bits per heavy atom. The second-order valence-corrected chi connectivity index (χ2v) is 8.31. The normalized spacial score (nSPS) is 23.7. The predicted molar refractivity (Wildman–Crippen MR) is 125 cm³/mol. The SMILES string of the molecule is C#CCn1nc(O[C@@H]2O[C@H](COC(=O)OCC)[C@@H](O)[C@H](O)[C@H]2O)c(Cc2ccc(CC)cc2F)c1C. The van der Waals surface area contributed by atoms with Gasteiger partial charge in [-0.1, -0.05) is 25.0 Å². The fourth-order valence-electron chi connectivity index (χ4n) is 3.81. The molecule has 2 heterocycles. The molecule has 1 saturated heterocycles. The minimum Gasteiger partial charge on any atom is -0.443 e. The highest BCUT2D eigenvalue weighted by molar-refractivity contribution is 5.59. The first kappa shape index (κ1) is 27.4. The molecule has 1 aliphatic heterocycles. The van der Waals surface area contributed by atoms with E-state index in [9.17, 15) is 24.5 Å². The van der Waals surface area contributed by atoms with E-state index in [1.165, 1.54) is 10.7 Å². The number of aliphatic hydroxyl groups is 3. The molecule has 0 saturated carbocycles. The maximum Gasteiger partial charge on any atom is 0.508 e. The van der Waals surface area contributed by atoms with Crippen LogP contribution in [-0.4, -0.2) is 75.2 Å². The van der Waals surface area contributed by atoms with Crippen molar-refractivity contribution in [3.05, 3.63) is 46.4 Å². The quantitative estimate of drug-likeness (QED) is 0.342. The Kier molecular flexibility index (Phi) is 9.28. The van der Waals surface area contributed by atoms with Gasteiger partial charge >= 0.3 is 6.16 Å². The molecular weight excluding hydrogens is 475 g/mol. The van der Waals surface area contributed by atoms with Crippen LogP contribution in [0.2, 0.25) is 0 Å². The summed E-state index contributed by atoms with van der Waals surface area (Å²) in [5.74, 6) is 2.11. The molecule has 0 radical (unpaired) electrons. The molecule has 0 amide bonds. The molecule has 36 heavy (non-hydrogen) atoms. The Morgan fingerprint density at radius 3 is 2.61 bits per heavy atom. The van der Waals surface area contributed by atoms with Gasteiger partial charge in [0.2, 0.25) is 12.2 Å². The van der Waals surface area contributed by atoms with Gasteiger partial charge in [-0.15, -0.1) is 11.5 Å². The largest absolute Gasteiger partial charge is 0.508 e. The highest BCUT2D eigenvalue weighted by Gasteiger charge is 2.46. The second-order valence-electron chi connectivity index (χ2n) is 8.31. The first-order valence-electron chi connectivity index (χ1n) is 11.6. The molecule has 10 nitrogen and oxygen atoms in total. The number of aromatic nitrogens is 2. The van der Waals surface area contributed by atoms with Crippen LogP contribution in [0.5, 0.6) is 5.88 Å². The molecule has 1 aromatic heterocycles. The summed E-state index contributed by atoms with van der Waals surface area (Å²) in [4.78, 5) is 11.5. The molecular formula is C25H31FN2O8. The molecule has 3 N–H and O–H groups in total. The van der Waals surface area contributed by atoms with Crippen LogP contribution in [0.4, 0.5) is 9.18 Å². The van der Waals surface area contributed by atoms with Crippen molar-refractivity contribution in [2.45, 2.75) is 70.9 Å². The highest BCUT2D eigenvalue weighted by atomic mass is 19.1. The van der Waals surface area contributed by atoms with Crippen molar-refractivity contribution in [2.24, 2.45) is 0 Å². The molecule has 0 bridgehead atoms. The lowest BCUT2D eigenvalue weighted by molar-refractivity contribution is -0.278. The zero-order valence-electron chi connectivity index (χ0n) is 20.4. The number of halogens is 1. The lowest BCUT2D eigenvalue weighted by atomic mass is 9.99. The van der Waals surface area contributed by atoms with Gasteiger partial charge in [0.1, 0.15) is 43.4 Å². The summed E-state index contributed by atoms with van der Waals surface area (Å²) in [5.41, 5.74) is 2.38. The Bertz CT molecular complexity index is 1100. The summed E-state index contributed by atoms with van der Waals surface area (Å²) >= 11 is 0. The molecule has 1 fully saturated rings. The number of carbonyl (C=O) groups excluding carboxylic acids is 1. The number of carbonyl (C=O) groups is 1. The summed E-state index contributed by atoms with van der Waals surface area (Å²) in [5, 5.41) is 35.4. The van der Waals surface area contributed by atoms with E-state index in [0.29, 0.717) is 23.2 Å². The minimum absolute atomic E-state index is 0.0134. The number of hydrogen-bond acceptors (Lipinski definition) is 9. The molecule has 0 spiro atoms. The smallest absolute Gasteiger partial charge is 0.443 e. The lowest BCUT2D eigenvalue weighted by Gasteiger charge is -2.39. The maximum atomic E-state index is 14.7. The first-order valence-corrected chi connectivity index (χ1v) is 11.6. The van der Waals surface area contributed by atoms with Crippen molar-refractivity contribution in [1.29, 1.82) is 0 Å². The van der Waals surface area contributed by atoms with Gasteiger partial charge in [0.15, 0.2) is 0 Å². The molecule has 196 valence electrons. The number of nitrogens with zero attached hydrogens (tertiary/aromatic N) is 2. The average molecular weight is 507 g/mol. The van der Waals surface area contributed by atoms with Crippen LogP contribution < -0.4 is 4.74 Å². The highest BCUT2D eigenvalue weighted by Crippen LogP contribution is 2.30. The molecule has 0 aliphatic carbocycles. The van der Waals surface area contributed by atoms with Crippen LogP contribution in [0.25, 0.3) is 0 Å². The number of aliphatic hydroxyl groups excluding tert-OH is 3. The van der Waals surface area contributed by atoms with Crippen LogP contribution in [0.15, 0.2) is 18.2 Å².